The van der Waals surface area contributed by atoms with Crippen molar-refractivity contribution >= 4 is 27.5 Å². The molecule has 0 spiro atoms. The first-order valence-electron chi connectivity index (χ1n) is 5.01. The number of aldehydes is 1. The van der Waals surface area contributed by atoms with Gasteiger partial charge in [-0.25, -0.2) is 8.42 Å². The van der Waals surface area contributed by atoms with Gasteiger partial charge in [-0.2, -0.15) is 0 Å². The van der Waals surface area contributed by atoms with E-state index in [1.54, 1.807) is 23.6 Å². The Morgan fingerprint density at radius 1 is 1.17 bits per heavy atom. The molecule has 0 aliphatic carbocycles. The van der Waals surface area contributed by atoms with Crippen molar-refractivity contribution in [3.63, 3.8) is 0 Å². The fourth-order valence-corrected chi connectivity index (χ4v) is 2.58. The fraction of sp³-hybridized carbons (Fsp3) is 0.0833. The van der Waals surface area contributed by atoms with Crippen LogP contribution in [0, 0.1) is 0 Å². The van der Waals surface area contributed by atoms with Gasteiger partial charge >= 0.3 is 0 Å². The van der Waals surface area contributed by atoms with Crippen LogP contribution < -0.4 is 4.74 Å². The van der Waals surface area contributed by atoms with Gasteiger partial charge in [0.2, 0.25) is 0 Å². The maximum absolute atomic E-state index is 11.3. The van der Waals surface area contributed by atoms with Crippen molar-refractivity contribution in [2.24, 2.45) is 0 Å². The molecule has 6 heteroatoms. The topological polar surface area (TPSA) is 60.4 Å². The van der Waals surface area contributed by atoms with Gasteiger partial charge in [0.1, 0.15) is 11.5 Å². The van der Waals surface area contributed by atoms with Crippen molar-refractivity contribution in [3.8, 4) is 11.5 Å². The monoisotopic (exact) mass is 282 g/mol. The highest BCUT2D eigenvalue weighted by molar-refractivity contribution is 7.90. The third-order valence-corrected chi connectivity index (χ3v) is 4.16. The predicted octanol–water partition coefficient (Wildman–Crippen LogP) is 2.76. The van der Waals surface area contributed by atoms with Gasteiger partial charge in [0.15, 0.2) is 16.1 Å². The van der Waals surface area contributed by atoms with Gasteiger partial charge in [0, 0.05) is 17.7 Å². The molecular formula is C12H10O4S2. The Bertz CT molecular complexity index is 654. The van der Waals surface area contributed by atoms with Crippen LogP contribution in [-0.4, -0.2) is 21.0 Å². The van der Waals surface area contributed by atoms with E-state index in [2.05, 4.69) is 0 Å². The quantitative estimate of drug-likeness (QED) is 0.809. The van der Waals surface area contributed by atoms with Crippen molar-refractivity contribution in [1.29, 1.82) is 0 Å². The lowest BCUT2D eigenvalue weighted by molar-refractivity contribution is 0.112. The summed E-state index contributed by atoms with van der Waals surface area (Å²) in [5.74, 6) is 1.09. The maximum atomic E-state index is 11.3. The van der Waals surface area contributed by atoms with E-state index in [-0.39, 0.29) is 4.90 Å². The average molecular weight is 282 g/mol. The summed E-state index contributed by atoms with van der Waals surface area (Å²) in [5.41, 5.74) is 0. The van der Waals surface area contributed by atoms with Crippen LogP contribution in [0.4, 0.5) is 0 Å². The van der Waals surface area contributed by atoms with Crippen LogP contribution in [0.15, 0.2) is 40.6 Å². The first kappa shape index (κ1) is 12.8. The number of hydrogen-bond acceptors (Lipinski definition) is 5. The summed E-state index contributed by atoms with van der Waals surface area (Å²) in [4.78, 5) is 11.3. The molecule has 4 nitrogen and oxygen atoms in total. The number of thiophene rings is 1. The molecule has 0 bridgehead atoms. The third-order valence-electron chi connectivity index (χ3n) is 2.20. The molecule has 0 aliphatic heterocycles. The van der Waals surface area contributed by atoms with Crippen LogP contribution in [0.3, 0.4) is 0 Å². The van der Waals surface area contributed by atoms with E-state index in [0.717, 1.165) is 12.5 Å². The highest BCUT2D eigenvalue weighted by Gasteiger charge is 2.07. The first-order chi connectivity index (χ1) is 8.49. The third kappa shape index (κ3) is 2.96. The van der Waals surface area contributed by atoms with Crippen LogP contribution in [0.5, 0.6) is 11.5 Å². The van der Waals surface area contributed by atoms with Crippen molar-refractivity contribution in [3.05, 3.63) is 40.6 Å². The second-order valence-corrected chi connectivity index (χ2v) is 6.61. The first-order valence-corrected chi connectivity index (χ1v) is 7.78. The molecule has 0 amide bonds. The molecule has 94 valence electrons. The molecule has 0 atom stereocenters. The van der Waals surface area contributed by atoms with Crippen molar-refractivity contribution in [2.75, 3.05) is 6.26 Å². The van der Waals surface area contributed by atoms with Crippen LogP contribution in [0.1, 0.15) is 9.67 Å². The number of benzene rings is 1. The number of sulfone groups is 1. The van der Waals surface area contributed by atoms with Gasteiger partial charge in [0.25, 0.3) is 0 Å². The minimum Gasteiger partial charge on any atom is -0.456 e. The molecule has 0 radical (unpaired) electrons. The van der Waals surface area contributed by atoms with Gasteiger partial charge in [-0.05, 0) is 24.3 Å². The second-order valence-electron chi connectivity index (χ2n) is 3.65. The number of carbonyl (C=O) groups excluding carboxylic acids is 1. The molecule has 1 aromatic carbocycles. The molecule has 0 unspecified atom stereocenters. The number of ether oxygens (including phenoxy) is 1. The smallest absolute Gasteiger partial charge is 0.175 e. The van der Waals surface area contributed by atoms with Gasteiger partial charge in [0.05, 0.1) is 9.77 Å². The Morgan fingerprint density at radius 2 is 1.83 bits per heavy atom. The van der Waals surface area contributed by atoms with Gasteiger partial charge in [-0.3, -0.25) is 4.79 Å². The summed E-state index contributed by atoms with van der Waals surface area (Å²) in [6, 6.07) is 7.75. The van der Waals surface area contributed by atoms with Crippen LogP contribution in [0.25, 0.3) is 0 Å². The van der Waals surface area contributed by atoms with Crippen LogP contribution in [-0.2, 0) is 9.84 Å². The number of rotatable bonds is 4. The van der Waals surface area contributed by atoms with Crippen molar-refractivity contribution in [2.45, 2.75) is 4.90 Å². The molecular weight excluding hydrogens is 272 g/mol. The van der Waals surface area contributed by atoms with E-state index in [9.17, 15) is 13.2 Å². The average Bonchev–Trinajstić information content (AvgIpc) is 2.76. The lowest BCUT2D eigenvalue weighted by Crippen LogP contribution is -1.96. The highest BCUT2D eigenvalue weighted by Crippen LogP contribution is 2.26. The van der Waals surface area contributed by atoms with Crippen molar-refractivity contribution < 1.29 is 17.9 Å². The van der Waals surface area contributed by atoms with Crippen LogP contribution >= 0.6 is 11.3 Å². The Balaban J connectivity index is 2.18. The lowest BCUT2D eigenvalue weighted by atomic mass is 10.3. The summed E-state index contributed by atoms with van der Waals surface area (Å²) < 4.78 is 28.0. The summed E-state index contributed by atoms with van der Waals surface area (Å²) in [6.45, 7) is 0. The molecule has 0 aliphatic rings. The highest BCUT2D eigenvalue weighted by atomic mass is 32.2. The minimum absolute atomic E-state index is 0.244. The van der Waals surface area contributed by atoms with E-state index < -0.39 is 9.84 Å². The molecule has 0 N–H and O–H groups in total. The van der Waals surface area contributed by atoms with E-state index in [1.165, 1.54) is 23.5 Å². The molecule has 0 fully saturated rings. The summed E-state index contributed by atoms with van der Waals surface area (Å²) in [5, 5.41) is 1.72. The Kier molecular flexibility index (Phi) is 3.49. The Hall–Kier alpha value is -1.66. The summed E-state index contributed by atoms with van der Waals surface area (Å²) in [6.07, 6.45) is 1.91. The maximum Gasteiger partial charge on any atom is 0.175 e. The normalized spacial score (nSPS) is 11.2. The van der Waals surface area contributed by atoms with E-state index >= 15 is 0 Å². The van der Waals surface area contributed by atoms with E-state index in [4.69, 9.17) is 4.74 Å². The molecule has 2 aromatic rings. The zero-order valence-corrected chi connectivity index (χ0v) is 11.1. The van der Waals surface area contributed by atoms with E-state index in [0.29, 0.717) is 16.4 Å². The number of carbonyl (C=O) groups is 1. The van der Waals surface area contributed by atoms with E-state index in [1.807, 2.05) is 0 Å². The molecule has 18 heavy (non-hydrogen) atoms. The van der Waals surface area contributed by atoms with Gasteiger partial charge in [-0.1, -0.05) is 0 Å². The van der Waals surface area contributed by atoms with Gasteiger partial charge in [-0.15, -0.1) is 11.3 Å². The predicted molar refractivity (Wildman–Crippen MR) is 69.3 cm³/mol. The Labute approximate surface area is 109 Å². The number of hydrogen-bond donors (Lipinski definition) is 0. The second kappa shape index (κ2) is 4.91. The minimum atomic E-state index is -3.19. The molecule has 0 saturated heterocycles. The van der Waals surface area contributed by atoms with Gasteiger partial charge < -0.3 is 4.74 Å². The zero-order chi connectivity index (χ0) is 13.2. The largest absolute Gasteiger partial charge is 0.456 e. The molecule has 0 saturated carbocycles. The summed E-state index contributed by atoms with van der Waals surface area (Å²) in [7, 11) is -3.19. The fourth-order valence-electron chi connectivity index (χ4n) is 1.34. The standard InChI is InChI=1S/C12H10O4S2/c1-18(14,15)12-4-2-9(3-5-12)16-10-6-11(7-13)17-8-10/h2-8H,1H3. The zero-order valence-electron chi connectivity index (χ0n) is 9.49. The van der Waals surface area contributed by atoms with Crippen molar-refractivity contribution in [1.82, 2.24) is 0 Å². The molecule has 1 aromatic heterocycles. The Morgan fingerprint density at radius 3 is 2.33 bits per heavy atom. The lowest BCUT2D eigenvalue weighted by Gasteiger charge is -2.03. The molecule has 1 heterocycles. The van der Waals surface area contributed by atoms with Crippen LogP contribution in [0.2, 0.25) is 0 Å². The molecule has 2 rings (SSSR count). The summed E-state index contributed by atoms with van der Waals surface area (Å²) >= 11 is 1.29. The SMILES string of the molecule is CS(=O)(=O)c1ccc(Oc2csc(C=O)c2)cc1.